The van der Waals surface area contributed by atoms with Gasteiger partial charge in [0.25, 0.3) is 0 Å². The van der Waals surface area contributed by atoms with E-state index < -0.39 is 47.5 Å². The molecule has 0 saturated carbocycles. The number of rotatable bonds is 3. The van der Waals surface area contributed by atoms with Crippen LogP contribution < -0.4 is 0 Å². The van der Waals surface area contributed by atoms with Crippen molar-refractivity contribution in [3.05, 3.63) is 0 Å². The van der Waals surface area contributed by atoms with Crippen molar-refractivity contribution in [3.8, 4) is 0 Å². The molecule has 2 aliphatic rings. The molecule has 110 valence electrons. The van der Waals surface area contributed by atoms with Crippen molar-refractivity contribution in [1.29, 1.82) is 0 Å². The molecule has 0 aromatic carbocycles. The highest BCUT2D eigenvalue weighted by Crippen LogP contribution is 2.38. The van der Waals surface area contributed by atoms with Crippen LogP contribution in [0.25, 0.3) is 0 Å². The van der Waals surface area contributed by atoms with Crippen LogP contribution >= 0.6 is 0 Å². The lowest BCUT2D eigenvalue weighted by molar-refractivity contribution is -0.156. The molecule has 2 saturated heterocycles. The van der Waals surface area contributed by atoms with Crippen LogP contribution in [0.2, 0.25) is 0 Å². The molecule has 0 radical (unpaired) electrons. The van der Waals surface area contributed by atoms with Crippen LogP contribution in [-0.2, 0) is 38.1 Å². The molecular formula is C12H14O8. The van der Waals surface area contributed by atoms with E-state index >= 15 is 0 Å². The SMILES string of the molecule is COC(=O)C1COC(=O)C1C1C(=O)OCC1C(=O)OC. The second-order valence-electron chi connectivity index (χ2n) is 4.57. The number of cyclic esters (lactones) is 2. The second kappa shape index (κ2) is 5.48. The monoisotopic (exact) mass is 286 g/mol. The zero-order valence-electron chi connectivity index (χ0n) is 11.0. The molecule has 8 heteroatoms. The average molecular weight is 286 g/mol. The zero-order chi connectivity index (χ0) is 14.9. The van der Waals surface area contributed by atoms with Gasteiger partial charge in [-0.15, -0.1) is 0 Å². The summed E-state index contributed by atoms with van der Waals surface area (Å²) in [6, 6.07) is 0. The molecule has 0 N–H and O–H groups in total. The molecule has 0 bridgehead atoms. The summed E-state index contributed by atoms with van der Waals surface area (Å²) in [4.78, 5) is 46.9. The molecule has 8 nitrogen and oxygen atoms in total. The molecule has 2 heterocycles. The number of hydrogen-bond acceptors (Lipinski definition) is 8. The van der Waals surface area contributed by atoms with Gasteiger partial charge >= 0.3 is 23.9 Å². The van der Waals surface area contributed by atoms with Gasteiger partial charge in [-0.25, -0.2) is 0 Å². The first-order valence-electron chi connectivity index (χ1n) is 6.00. The van der Waals surface area contributed by atoms with E-state index in [2.05, 4.69) is 9.47 Å². The highest BCUT2D eigenvalue weighted by atomic mass is 16.6. The number of ether oxygens (including phenoxy) is 4. The maximum absolute atomic E-state index is 11.8. The van der Waals surface area contributed by atoms with Gasteiger partial charge in [-0.1, -0.05) is 0 Å². The van der Waals surface area contributed by atoms with Gasteiger partial charge in [0, 0.05) is 0 Å². The fourth-order valence-electron chi connectivity index (χ4n) is 2.60. The molecule has 2 aliphatic heterocycles. The summed E-state index contributed by atoms with van der Waals surface area (Å²) in [5.74, 6) is -6.75. The number of carbonyl (C=O) groups is 4. The quantitative estimate of drug-likeness (QED) is 0.476. The van der Waals surface area contributed by atoms with Gasteiger partial charge in [0.2, 0.25) is 0 Å². The van der Waals surface area contributed by atoms with Crippen LogP contribution in [-0.4, -0.2) is 51.3 Å². The van der Waals surface area contributed by atoms with Crippen molar-refractivity contribution >= 4 is 23.9 Å². The Bertz CT molecular complexity index is 414. The van der Waals surface area contributed by atoms with Gasteiger partial charge < -0.3 is 18.9 Å². The lowest BCUT2D eigenvalue weighted by atomic mass is 9.77. The maximum atomic E-state index is 11.8. The Hall–Kier alpha value is -2.12. The topological polar surface area (TPSA) is 105 Å². The molecule has 4 unspecified atom stereocenters. The minimum atomic E-state index is -1.08. The molecule has 0 aliphatic carbocycles. The molecule has 0 spiro atoms. The Morgan fingerprint density at radius 2 is 1.25 bits per heavy atom. The van der Waals surface area contributed by atoms with E-state index in [1.54, 1.807) is 0 Å². The van der Waals surface area contributed by atoms with Crippen molar-refractivity contribution in [2.45, 2.75) is 0 Å². The van der Waals surface area contributed by atoms with Crippen LogP contribution in [0.15, 0.2) is 0 Å². The first-order chi connectivity index (χ1) is 9.51. The van der Waals surface area contributed by atoms with Crippen molar-refractivity contribution in [2.75, 3.05) is 27.4 Å². The third-order valence-electron chi connectivity index (χ3n) is 3.62. The largest absolute Gasteiger partial charge is 0.469 e. The van der Waals surface area contributed by atoms with Crippen molar-refractivity contribution in [2.24, 2.45) is 23.7 Å². The predicted octanol–water partition coefficient (Wildman–Crippen LogP) is -1.09. The van der Waals surface area contributed by atoms with E-state index in [0.29, 0.717) is 0 Å². The Morgan fingerprint density at radius 3 is 1.55 bits per heavy atom. The van der Waals surface area contributed by atoms with E-state index in [-0.39, 0.29) is 13.2 Å². The standard InChI is InChI=1S/C12H14O8/c1-17-9(13)5-3-19-11(15)7(5)8-6(10(14)18-2)4-20-12(8)16/h5-8H,3-4H2,1-2H3. The number of methoxy groups -OCH3 is 2. The highest BCUT2D eigenvalue weighted by Gasteiger charge is 2.56. The van der Waals surface area contributed by atoms with Gasteiger partial charge in [-0.2, -0.15) is 0 Å². The van der Waals surface area contributed by atoms with Crippen molar-refractivity contribution in [1.82, 2.24) is 0 Å². The highest BCUT2D eigenvalue weighted by molar-refractivity contribution is 5.93. The Morgan fingerprint density at radius 1 is 0.900 bits per heavy atom. The molecular weight excluding hydrogens is 272 g/mol. The fraction of sp³-hybridized carbons (Fsp3) is 0.667. The third kappa shape index (κ3) is 2.21. The van der Waals surface area contributed by atoms with Gasteiger partial charge in [0.1, 0.15) is 25.0 Å². The Balaban J connectivity index is 2.30. The third-order valence-corrected chi connectivity index (χ3v) is 3.62. The van der Waals surface area contributed by atoms with E-state index in [0.717, 1.165) is 0 Å². The summed E-state index contributed by atoms with van der Waals surface area (Å²) in [6.45, 7) is -0.346. The molecule has 0 amide bonds. The molecule has 20 heavy (non-hydrogen) atoms. The Labute approximate surface area is 114 Å². The van der Waals surface area contributed by atoms with Gasteiger partial charge in [-0.05, 0) is 0 Å². The van der Waals surface area contributed by atoms with Crippen LogP contribution in [0.5, 0.6) is 0 Å². The van der Waals surface area contributed by atoms with E-state index in [1.165, 1.54) is 14.2 Å². The van der Waals surface area contributed by atoms with Gasteiger partial charge in [0.15, 0.2) is 0 Å². The van der Waals surface area contributed by atoms with E-state index in [9.17, 15) is 19.2 Å². The normalized spacial score (nSPS) is 32.5. The molecule has 0 aromatic rings. The first kappa shape index (κ1) is 14.3. The van der Waals surface area contributed by atoms with Gasteiger partial charge in [0.05, 0.1) is 26.1 Å². The smallest absolute Gasteiger partial charge is 0.313 e. The fourth-order valence-corrected chi connectivity index (χ4v) is 2.60. The number of hydrogen-bond donors (Lipinski definition) is 0. The molecule has 2 rings (SSSR count). The summed E-state index contributed by atoms with van der Waals surface area (Å²) in [7, 11) is 2.35. The minimum absolute atomic E-state index is 0.173. The van der Waals surface area contributed by atoms with E-state index in [4.69, 9.17) is 9.47 Å². The minimum Gasteiger partial charge on any atom is -0.469 e. The number of esters is 4. The van der Waals surface area contributed by atoms with Crippen LogP contribution in [0.3, 0.4) is 0 Å². The summed E-state index contributed by atoms with van der Waals surface area (Å²) in [5, 5.41) is 0. The molecule has 0 aromatic heterocycles. The summed E-state index contributed by atoms with van der Waals surface area (Å²) >= 11 is 0. The van der Waals surface area contributed by atoms with E-state index in [1.807, 2.05) is 0 Å². The van der Waals surface area contributed by atoms with Gasteiger partial charge in [-0.3, -0.25) is 19.2 Å². The van der Waals surface area contributed by atoms with Crippen LogP contribution in [0, 0.1) is 23.7 Å². The maximum Gasteiger partial charge on any atom is 0.313 e. The Kier molecular flexibility index (Phi) is 3.91. The molecule has 4 atom stereocenters. The first-order valence-corrected chi connectivity index (χ1v) is 6.00. The van der Waals surface area contributed by atoms with Crippen LogP contribution in [0.4, 0.5) is 0 Å². The molecule has 2 fully saturated rings. The number of carbonyl (C=O) groups excluding carboxylic acids is 4. The van der Waals surface area contributed by atoms with Crippen molar-refractivity contribution < 1.29 is 38.1 Å². The lowest BCUT2D eigenvalue weighted by Crippen LogP contribution is -2.39. The lowest BCUT2D eigenvalue weighted by Gasteiger charge is -2.20. The second-order valence-corrected chi connectivity index (χ2v) is 4.57. The van der Waals surface area contributed by atoms with Crippen molar-refractivity contribution in [3.63, 3.8) is 0 Å². The summed E-state index contributed by atoms with van der Waals surface area (Å²) in [6.07, 6.45) is 0. The zero-order valence-corrected chi connectivity index (χ0v) is 11.0. The summed E-state index contributed by atoms with van der Waals surface area (Å²) in [5.41, 5.74) is 0. The predicted molar refractivity (Wildman–Crippen MR) is 59.9 cm³/mol. The van der Waals surface area contributed by atoms with Crippen LogP contribution in [0.1, 0.15) is 0 Å². The summed E-state index contributed by atoms with van der Waals surface area (Å²) < 4.78 is 18.8. The average Bonchev–Trinajstić information content (AvgIpc) is 3.00.